The van der Waals surface area contributed by atoms with Gasteiger partial charge in [0.15, 0.2) is 5.96 Å². The predicted octanol–water partition coefficient (Wildman–Crippen LogP) is 3.37. The first-order chi connectivity index (χ1) is 14.0. The van der Waals surface area contributed by atoms with Crippen LogP contribution in [0.1, 0.15) is 22.8 Å². The Morgan fingerprint density at radius 1 is 1.13 bits per heavy atom. The Morgan fingerprint density at radius 2 is 1.83 bits per heavy atom. The molecule has 164 valence electrons. The lowest BCUT2D eigenvalue weighted by molar-refractivity contribution is 0.0597. The molecule has 0 heterocycles. The summed E-state index contributed by atoms with van der Waals surface area (Å²) in [6, 6.07) is 11.2. The molecule has 9 heteroatoms. The maximum atomic E-state index is 13.0. The first kappa shape index (κ1) is 25.5. The Bertz CT molecular complexity index is 847. The molecular formula is C21H27FIN3O4. The molecule has 0 saturated carbocycles. The van der Waals surface area contributed by atoms with Crippen molar-refractivity contribution in [3.05, 3.63) is 59.4 Å². The van der Waals surface area contributed by atoms with Gasteiger partial charge in [0.2, 0.25) is 0 Å². The van der Waals surface area contributed by atoms with Crippen LogP contribution in [0.2, 0.25) is 0 Å². The average Bonchev–Trinajstić information content (AvgIpc) is 2.74. The molecule has 7 nitrogen and oxygen atoms in total. The number of ether oxygens (including phenoxy) is 3. The number of rotatable bonds is 8. The number of methoxy groups -OCH3 is 2. The highest BCUT2D eigenvalue weighted by atomic mass is 127. The van der Waals surface area contributed by atoms with Crippen molar-refractivity contribution in [1.29, 1.82) is 0 Å². The van der Waals surface area contributed by atoms with E-state index >= 15 is 0 Å². The van der Waals surface area contributed by atoms with Crippen molar-refractivity contribution in [2.24, 2.45) is 4.99 Å². The highest BCUT2D eigenvalue weighted by molar-refractivity contribution is 14.0. The van der Waals surface area contributed by atoms with Crippen LogP contribution in [0, 0.1) is 5.82 Å². The summed E-state index contributed by atoms with van der Waals surface area (Å²) in [4.78, 5) is 16.1. The molecule has 0 bridgehead atoms. The van der Waals surface area contributed by atoms with Crippen molar-refractivity contribution < 1.29 is 23.4 Å². The Labute approximate surface area is 193 Å². The summed E-state index contributed by atoms with van der Waals surface area (Å²) in [7, 11) is 4.49. The van der Waals surface area contributed by atoms with E-state index in [9.17, 15) is 9.18 Å². The van der Waals surface area contributed by atoms with Gasteiger partial charge in [-0.15, -0.1) is 24.0 Å². The zero-order valence-electron chi connectivity index (χ0n) is 17.4. The third-order valence-electron chi connectivity index (χ3n) is 4.06. The Kier molecular flexibility index (Phi) is 10.9. The number of nitrogens with zero attached hydrogens (tertiary/aromatic N) is 1. The van der Waals surface area contributed by atoms with Crippen LogP contribution in [-0.4, -0.2) is 45.8 Å². The smallest absolute Gasteiger partial charge is 0.341 e. The minimum Gasteiger partial charge on any atom is -0.496 e. The van der Waals surface area contributed by atoms with E-state index in [0.717, 1.165) is 5.56 Å². The number of esters is 1. The van der Waals surface area contributed by atoms with E-state index in [1.165, 1.54) is 26.4 Å². The summed E-state index contributed by atoms with van der Waals surface area (Å²) in [5, 5.41) is 6.34. The molecule has 0 fully saturated rings. The number of hydrogen-bond acceptors (Lipinski definition) is 5. The second-order valence-corrected chi connectivity index (χ2v) is 6.22. The van der Waals surface area contributed by atoms with E-state index in [2.05, 4.69) is 15.6 Å². The van der Waals surface area contributed by atoms with Gasteiger partial charge in [0.1, 0.15) is 29.0 Å². The fraction of sp³-hybridized carbons (Fsp3) is 0.333. The summed E-state index contributed by atoms with van der Waals surface area (Å²) < 4.78 is 28.7. The zero-order chi connectivity index (χ0) is 21.2. The minimum atomic E-state index is -0.460. The standard InChI is InChI=1S/C21H26FN3O4.HI/c1-14(29-17-8-6-16(22)7-9-17)12-24-21(23-2)25-13-15-5-10-19(27-3)18(11-15)20(26)28-4;/h5-11,14H,12-13H2,1-4H3,(H2,23,24,25);1H. The van der Waals surface area contributed by atoms with Crippen molar-refractivity contribution in [3.8, 4) is 11.5 Å². The molecule has 0 aliphatic heterocycles. The van der Waals surface area contributed by atoms with E-state index in [1.54, 1.807) is 31.3 Å². The normalized spacial score (nSPS) is 11.7. The van der Waals surface area contributed by atoms with Gasteiger partial charge in [0, 0.05) is 13.6 Å². The maximum Gasteiger partial charge on any atom is 0.341 e. The number of carbonyl (C=O) groups excluding carboxylic acids is 1. The van der Waals surface area contributed by atoms with Gasteiger partial charge in [-0.25, -0.2) is 9.18 Å². The average molecular weight is 531 g/mol. The van der Waals surface area contributed by atoms with Gasteiger partial charge in [0.05, 0.1) is 20.8 Å². The van der Waals surface area contributed by atoms with Gasteiger partial charge in [-0.05, 0) is 48.9 Å². The molecule has 0 aliphatic rings. The molecule has 0 amide bonds. The molecular weight excluding hydrogens is 504 g/mol. The van der Waals surface area contributed by atoms with Crippen LogP contribution in [0.25, 0.3) is 0 Å². The maximum absolute atomic E-state index is 13.0. The van der Waals surface area contributed by atoms with Crippen LogP contribution in [0.5, 0.6) is 11.5 Å². The minimum absolute atomic E-state index is 0. The highest BCUT2D eigenvalue weighted by Crippen LogP contribution is 2.20. The first-order valence-electron chi connectivity index (χ1n) is 9.08. The summed E-state index contributed by atoms with van der Waals surface area (Å²) in [5.41, 5.74) is 1.23. The predicted molar refractivity (Wildman–Crippen MR) is 124 cm³/mol. The molecule has 2 aromatic rings. The summed E-state index contributed by atoms with van der Waals surface area (Å²) in [6.45, 7) is 2.84. The number of guanidine groups is 1. The molecule has 2 rings (SSSR count). The molecule has 30 heavy (non-hydrogen) atoms. The van der Waals surface area contributed by atoms with Crippen LogP contribution in [0.15, 0.2) is 47.5 Å². The van der Waals surface area contributed by atoms with Gasteiger partial charge < -0.3 is 24.8 Å². The molecule has 2 aromatic carbocycles. The number of benzene rings is 2. The summed E-state index contributed by atoms with van der Waals surface area (Å²) >= 11 is 0. The Morgan fingerprint density at radius 3 is 2.43 bits per heavy atom. The lowest BCUT2D eigenvalue weighted by Crippen LogP contribution is -2.41. The highest BCUT2D eigenvalue weighted by Gasteiger charge is 2.13. The lowest BCUT2D eigenvalue weighted by Gasteiger charge is -2.18. The van der Waals surface area contributed by atoms with Gasteiger partial charge >= 0.3 is 5.97 Å². The summed E-state index contributed by atoms with van der Waals surface area (Å²) in [5.74, 6) is 0.863. The largest absolute Gasteiger partial charge is 0.496 e. The van der Waals surface area contributed by atoms with E-state index in [0.29, 0.717) is 36.1 Å². The van der Waals surface area contributed by atoms with Gasteiger partial charge in [-0.1, -0.05) is 6.07 Å². The Hall–Kier alpha value is -2.56. The Balaban J connectivity index is 0.00000450. The van der Waals surface area contributed by atoms with Crippen LogP contribution >= 0.6 is 24.0 Å². The second kappa shape index (κ2) is 12.9. The SMILES string of the molecule is CN=C(NCc1ccc(OC)c(C(=O)OC)c1)NCC(C)Oc1ccc(F)cc1.I. The van der Waals surface area contributed by atoms with Crippen molar-refractivity contribution in [2.75, 3.05) is 27.8 Å². The molecule has 0 aromatic heterocycles. The van der Waals surface area contributed by atoms with Crippen LogP contribution in [0.3, 0.4) is 0 Å². The molecule has 2 N–H and O–H groups in total. The number of nitrogens with one attached hydrogen (secondary N) is 2. The molecule has 1 unspecified atom stereocenters. The fourth-order valence-electron chi connectivity index (χ4n) is 2.57. The lowest BCUT2D eigenvalue weighted by atomic mass is 10.1. The third kappa shape index (κ3) is 7.69. The van der Waals surface area contributed by atoms with Crippen LogP contribution in [-0.2, 0) is 11.3 Å². The van der Waals surface area contributed by atoms with Crippen molar-refractivity contribution in [1.82, 2.24) is 10.6 Å². The van der Waals surface area contributed by atoms with Crippen LogP contribution in [0.4, 0.5) is 4.39 Å². The summed E-state index contributed by atoms with van der Waals surface area (Å²) in [6.07, 6.45) is -0.161. The molecule has 0 saturated heterocycles. The zero-order valence-corrected chi connectivity index (χ0v) is 19.7. The quantitative estimate of drug-likeness (QED) is 0.236. The molecule has 1 atom stereocenters. The van der Waals surface area contributed by atoms with E-state index in [4.69, 9.17) is 14.2 Å². The second-order valence-electron chi connectivity index (χ2n) is 6.22. The molecule has 0 radical (unpaired) electrons. The van der Waals surface area contributed by atoms with Crippen LogP contribution < -0.4 is 20.1 Å². The number of halogens is 2. The van der Waals surface area contributed by atoms with Gasteiger partial charge in [-0.2, -0.15) is 0 Å². The number of carbonyl (C=O) groups is 1. The van der Waals surface area contributed by atoms with E-state index in [1.807, 2.05) is 13.0 Å². The van der Waals surface area contributed by atoms with Gasteiger partial charge in [0.25, 0.3) is 0 Å². The van der Waals surface area contributed by atoms with Gasteiger partial charge in [-0.3, -0.25) is 4.99 Å². The van der Waals surface area contributed by atoms with E-state index in [-0.39, 0.29) is 35.9 Å². The fourth-order valence-corrected chi connectivity index (χ4v) is 2.57. The topological polar surface area (TPSA) is 81.2 Å². The molecule has 0 spiro atoms. The van der Waals surface area contributed by atoms with Crippen molar-refractivity contribution >= 4 is 35.9 Å². The number of hydrogen-bond donors (Lipinski definition) is 2. The van der Waals surface area contributed by atoms with Crippen molar-refractivity contribution in [2.45, 2.75) is 19.6 Å². The monoisotopic (exact) mass is 531 g/mol. The van der Waals surface area contributed by atoms with E-state index < -0.39 is 5.97 Å². The number of aliphatic imine (C=N–C) groups is 1. The third-order valence-corrected chi connectivity index (χ3v) is 4.06. The van der Waals surface area contributed by atoms with Crippen molar-refractivity contribution in [3.63, 3.8) is 0 Å². The first-order valence-corrected chi connectivity index (χ1v) is 9.08. The molecule has 0 aliphatic carbocycles.